The second kappa shape index (κ2) is 5.92. The lowest BCUT2D eigenvalue weighted by Crippen LogP contribution is -2.19. The molecule has 1 heterocycles. The van der Waals surface area contributed by atoms with Gasteiger partial charge >= 0.3 is 0 Å². The Bertz CT molecular complexity index is 583. The van der Waals surface area contributed by atoms with Crippen molar-refractivity contribution < 1.29 is 4.79 Å². The van der Waals surface area contributed by atoms with Crippen LogP contribution in [-0.4, -0.2) is 16.0 Å². The maximum Gasteiger partial charge on any atom is 0.248 e. The summed E-state index contributed by atoms with van der Waals surface area (Å²) >= 11 is 5.16. The van der Waals surface area contributed by atoms with E-state index in [2.05, 4.69) is 15.6 Å². The Morgan fingerprint density at radius 1 is 1.11 bits per heavy atom. The van der Waals surface area contributed by atoms with Crippen LogP contribution in [-0.2, 0) is 0 Å². The van der Waals surface area contributed by atoms with Crippen LogP contribution in [0.5, 0.6) is 0 Å². The molecule has 4 N–H and O–H groups in total. The van der Waals surface area contributed by atoms with Crippen molar-refractivity contribution in [1.82, 2.24) is 4.98 Å². The lowest BCUT2D eigenvalue weighted by atomic mass is 10.2. The second-order valence-corrected chi connectivity index (χ2v) is 4.17. The van der Waals surface area contributed by atoms with Gasteiger partial charge in [-0.25, -0.2) is 0 Å². The molecule has 96 valence electrons. The van der Waals surface area contributed by atoms with Crippen LogP contribution in [0, 0.1) is 0 Å². The highest BCUT2D eigenvalue weighted by Gasteiger charge is 2.01. The number of hydrogen-bond acceptors (Lipinski definition) is 3. The number of carbonyl (C=O) groups is 1. The first-order chi connectivity index (χ1) is 9.15. The lowest BCUT2D eigenvalue weighted by Gasteiger charge is -2.10. The molecule has 0 fully saturated rings. The van der Waals surface area contributed by atoms with Gasteiger partial charge in [0.05, 0.1) is 11.9 Å². The van der Waals surface area contributed by atoms with Crippen molar-refractivity contribution in [1.29, 1.82) is 0 Å². The highest BCUT2D eigenvalue weighted by Crippen LogP contribution is 2.10. The van der Waals surface area contributed by atoms with Crippen LogP contribution in [0.25, 0.3) is 0 Å². The third-order valence-corrected chi connectivity index (χ3v) is 2.55. The molecule has 5 nitrogen and oxygen atoms in total. The minimum Gasteiger partial charge on any atom is -0.366 e. The van der Waals surface area contributed by atoms with Crippen LogP contribution >= 0.6 is 12.2 Å². The summed E-state index contributed by atoms with van der Waals surface area (Å²) in [6.45, 7) is 0. The molecule has 6 heteroatoms. The van der Waals surface area contributed by atoms with E-state index in [0.717, 1.165) is 11.4 Å². The van der Waals surface area contributed by atoms with Crippen molar-refractivity contribution in [3.63, 3.8) is 0 Å². The predicted molar refractivity (Wildman–Crippen MR) is 79.0 cm³/mol. The molecule has 19 heavy (non-hydrogen) atoms. The summed E-state index contributed by atoms with van der Waals surface area (Å²) in [6.07, 6.45) is 3.36. The Morgan fingerprint density at radius 3 is 2.37 bits per heavy atom. The summed E-state index contributed by atoms with van der Waals surface area (Å²) < 4.78 is 0. The predicted octanol–water partition coefficient (Wildman–Crippen LogP) is 1.99. The number of thiocarbonyl (C=S) groups is 1. The van der Waals surface area contributed by atoms with Crippen molar-refractivity contribution in [2.45, 2.75) is 0 Å². The first kappa shape index (κ1) is 13.0. The Morgan fingerprint density at radius 2 is 1.79 bits per heavy atom. The Hall–Kier alpha value is -2.47. The fraction of sp³-hybridized carbons (Fsp3) is 0. The first-order valence-corrected chi connectivity index (χ1v) is 5.94. The van der Waals surface area contributed by atoms with Gasteiger partial charge in [0.1, 0.15) is 0 Å². The largest absolute Gasteiger partial charge is 0.366 e. The monoisotopic (exact) mass is 272 g/mol. The zero-order chi connectivity index (χ0) is 13.7. The highest BCUT2D eigenvalue weighted by atomic mass is 32.1. The fourth-order valence-electron chi connectivity index (χ4n) is 1.45. The van der Waals surface area contributed by atoms with Gasteiger partial charge in [-0.05, 0) is 48.6 Å². The van der Waals surface area contributed by atoms with E-state index in [1.807, 2.05) is 12.1 Å². The normalized spacial score (nSPS) is 9.68. The van der Waals surface area contributed by atoms with E-state index in [1.165, 1.54) is 0 Å². The van der Waals surface area contributed by atoms with E-state index in [4.69, 9.17) is 18.0 Å². The minimum atomic E-state index is -0.456. The first-order valence-electron chi connectivity index (χ1n) is 5.53. The molecule has 0 aliphatic rings. The van der Waals surface area contributed by atoms with Gasteiger partial charge in [-0.2, -0.15) is 0 Å². The average molecular weight is 272 g/mol. The van der Waals surface area contributed by atoms with Gasteiger partial charge in [0.15, 0.2) is 5.11 Å². The molecular weight excluding hydrogens is 260 g/mol. The van der Waals surface area contributed by atoms with Crippen molar-refractivity contribution >= 4 is 34.6 Å². The molecule has 0 aliphatic heterocycles. The summed E-state index contributed by atoms with van der Waals surface area (Å²) in [5.41, 5.74) is 7.19. The van der Waals surface area contributed by atoms with Gasteiger partial charge in [-0.15, -0.1) is 0 Å². The van der Waals surface area contributed by atoms with Crippen molar-refractivity contribution in [3.8, 4) is 0 Å². The summed E-state index contributed by atoms with van der Waals surface area (Å²) in [5, 5.41) is 6.44. The third-order valence-electron chi connectivity index (χ3n) is 2.35. The number of benzene rings is 1. The topological polar surface area (TPSA) is 80.0 Å². The molecule has 0 radical (unpaired) electrons. The van der Waals surface area contributed by atoms with Crippen LogP contribution < -0.4 is 16.4 Å². The number of nitrogens with two attached hydrogens (primary N) is 1. The molecule has 0 saturated heterocycles. The molecule has 0 bridgehead atoms. The van der Waals surface area contributed by atoms with Crippen LogP contribution in [0.3, 0.4) is 0 Å². The number of aromatic nitrogens is 1. The molecule has 0 unspecified atom stereocenters. The number of hydrogen-bond donors (Lipinski definition) is 3. The van der Waals surface area contributed by atoms with E-state index in [9.17, 15) is 4.79 Å². The highest BCUT2D eigenvalue weighted by molar-refractivity contribution is 7.80. The molecule has 0 saturated carbocycles. The molecule has 2 rings (SSSR count). The van der Waals surface area contributed by atoms with E-state index >= 15 is 0 Å². The summed E-state index contributed by atoms with van der Waals surface area (Å²) in [7, 11) is 0. The summed E-state index contributed by atoms with van der Waals surface area (Å²) in [4.78, 5) is 14.9. The smallest absolute Gasteiger partial charge is 0.248 e. The minimum absolute atomic E-state index is 0.444. The Kier molecular flexibility index (Phi) is 4.04. The number of nitrogens with zero attached hydrogens (tertiary/aromatic N) is 1. The second-order valence-electron chi connectivity index (χ2n) is 3.76. The molecule has 2 aromatic rings. The molecule has 1 aromatic heterocycles. The molecular formula is C13H12N4OS. The number of anilines is 2. The van der Waals surface area contributed by atoms with Crippen molar-refractivity contribution in [2.24, 2.45) is 5.73 Å². The van der Waals surface area contributed by atoms with Gasteiger partial charge < -0.3 is 16.4 Å². The zero-order valence-corrected chi connectivity index (χ0v) is 10.8. The van der Waals surface area contributed by atoms with E-state index in [0.29, 0.717) is 10.7 Å². The van der Waals surface area contributed by atoms with Gasteiger partial charge in [-0.3, -0.25) is 9.78 Å². The molecule has 0 spiro atoms. The summed E-state index contributed by atoms with van der Waals surface area (Å²) in [5.74, 6) is -0.456. The number of amides is 1. The molecule has 0 atom stereocenters. The maximum absolute atomic E-state index is 10.9. The Labute approximate surface area is 115 Å². The maximum atomic E-state index is 10.9. The van der Waals surface area contributed by atoms with Gasteiger partial charge in [0, 0.05) is 17.4 Å². The zero-order valence-electron chi connectivity index (χ0n) is 9.96. The third kappa shape index (κ3) is 3.75. The summed E-state index contributed by atoms with van der Waals surface area (Å²) in [6, 6.07) is 10.4. The van der Waals surface area contributed by atoms with Crippen LogP contribution in [0.15, 0.2) is 48.8 Å². The average Bonchev–Trinajstić information content (AvgIpc) is 2.40. The quantitative estimate of drug-likeness (QED) is 0.745. The van der Waals surface area contributed by atoms with Gasteiger partial charge in [0.2, 0.25) is 5.91 Å². The lowest BCUT2D eigenvalue weighted by molar-refractivity contribution is 0.100. The number of nitrogens with one attached hydrogen (secondary N) is 2. The molecule has 1 aromatic carbocycles. The van der Waals surface area contributed by atoms with Crippen LogP contribution in [0.4, 0.5) is 11.4 Å². The number of primary amides is 1. The molecule has 1 amide bonds. The van der Waals surface area contributed by atoms with Crippen LogP contribution in [0.1, 0.15) is 10.4 Å². The number of pyridine rings is 1. The number of rotatable bonds is 3. The van der Waals surface area contributed by atoms with E-state index < -0.39 is 5.91 Å². The fourth-order valence-corrected chi connectivity index (χ4v) is 1.68. The Balaban J connectivity index is 1.97. The molecule has 0 aliphatic carbocycles. The number of carbonyl (C=O) groups excluding carboxylic acids is 1. The van der Waals surface area contributed by atoms with Crippen molar-refractivity contribution in [2.75, 3.05) is 10.6 Å². The van der Waals surface area contributed by atoms with E-state index in [1.54, 1.807) is 36.7 Å². The standard InChI is InChI=1S/C13H12N4OS/c14-12(18)9-3-5-10(6-4-9)16-13(19)17-11-2-1-7-15-8-11/h1-8H,(H2,14,18)(H2,16,17,19). The van der Waals surface area contributed by atoms with Gasteiger partial charge in [0.25, 0.3) is 0 Å². The van der Waals surface area contributed by atoms with Crippen molar-refractivity contribution in [3.05, 3.63) is 54.4 Å². The van der Waals surface area contributed by atoms with Gasteiger partial charge in [-0.1, -0.05) is 0 Å². The SMILES string of the molecule is NC(=O)c1ccc(NC(=S)Nc2cccnc2)cc1. The van der Waals surface area contributed by atoms with Crippen LogP contribution in [0.2, 0.25) is 0 Å². The van der Waals surface area contributed by atoms with E-state index in [-0.39, 0.29) is 0 Å².